The maximum absolute atomic E-state index is 9.38. The Hall–Kier alpha value is -2.77. The Kier molecular flexibility index (Phi) is 4.05. The standard InChI is InChI=1S/C16H18N6O/c1-10-7-18-16(20-13-8-19-22(2)9-13)21-14(10)11-3-5-12(6-4-11)15(17)23/h3-9,15,23H,17H2,1-2H3,(H,18,20,21). The quantitative estimate of drug-likeness (QED) is 0.636. The average Bonchev–Trinajstić information content (AvgIpc) is 2.94. The van der Waals surface area contributed by atoms with E-state index in [1.54, 1.807) is 29.2 Å². The summed E-state index contributed by atoms with van der Waals surface area (Å²) in [5.41, 5.74) is 9.66. The zero-order valence-corrected chi connectivity index (χ0v) is 12.9. The fourth-order valence-electron chi connectivity index (χ4n) is 2.25. The SMILES string of the molecule is Cc1cnc(Nc2cnn(C)c2)nc1-c1ccc(C(N)O)cc1. The number of nitrogens with two attached hydrogens (primary N) is 1. The molecule has 0 spiro atoms. The topological polar surface area (TPSA) is 102 Å². The Morgan fingerprint density at radius 3 is 2.57 bits per heavy atom. The van der Waals surface area contributed by atoms with Crippen LogP contribution >= 0.6 is 0 Å². The van der Waals surface area contributed by atoms with Gasteiger partial charge in [-0.25, -0.2) is 9.97 Å². The lowest BCUT2D eigenvalue weighted by atomic mass is 10.1. The van der Waals surface area contributed by atoms with Crippen LogP contribution in [0.15, 0.2) is 42.9 Å². The van der Waals surface area contributed by atoms with Gasteiger partial charge in [0.15, 0.2) is 0 Å². The highest BCUT2D eigenvalue weighted by Crippen LogP contribution is 2.24. The molecule has 23 heavy (non-hydrogen) atoms. The van der Waals surface area contributed by atoms with Crippen LogP contribution in [-0.4, -0.2) is 24.9 Å². The molecule has 7 nitrogen and oxygen atoms in total. The van der Waals surface area contributed by atoms with Crippen molar-refractivity contribution in [1.82, 2.24) is 19.7 Å². The Morgan fingerprint density at radius 2 is 1.96 bits per heavy atom. The maximum atomic E-state index is 9.38. The van der Waals surface area contributed by atoms with Crippen molar-refractivity contribution in [3.05, 3.63) is 54.0 Å². The van der Waals surface area contributed by atoms with Crippen LogP contribution in [0.5, 0.6) is 0 Å². The normalized spacial score (nSPS) is 12.2. The largest absolute Gasteiger partial charge is 0.375 e. The van der Waals surface area contributed by atoms with E-state index in [0.717, 1.165) is 22.5 Å². The molecule has 2 aromatic heterocycles. The third-order valence-corrected chi connectivity index (χ3v) is 3.46. The van der Waals surface area contributed by atoms with Crippen LogP contribution in [0.25, 0.3) is 11.3 Å². The lowest BCUT2D eigenvalue weighted by Crippen LogP contribution is -2.08. The van der Waals surface area contributed by atoms with E-state index in [-0.39, 0.29) is 0 Å². The van der Waals surface area contributed by atoms with Crippen LogP contribution in [0.1, 0.15) is 17.4 Å². The molecule has 0 saturated carbocycles. The van der Waals surface area contributed by atoms with Gasteiger partial charge in [0.05, 0.1) is 17.6 Å². The fourth-order valence-corrected chi connectivity index (χ4v) is 2.25. The van der Waals surface area contributed by atoms with Gasteiger partial charge in [-0.1, -0.05) is 24.3 Å². The summed E-state index contributed by atoms with van der Waals surface area (Å²) < 4.78 is 1.70. The number of nitrogens with zero attached hydrogens (tertiary/aromatic N) is 4. The minimum Gasteiger partial charge on any atom is -0.375 e. The molecule has 0 saturated heterocycles. The minimum atomic E-state index is -0.974. The number of benzene rings is 1. The molecule has 7 heteroatoms. The molecule has 0 fully saturated rings. The molecule has 3 rings (SSSR count). The molecule has 1 atom stereocenters. The summed E-state index contributed by atoms with van der Waals surface area (Å²) in [5.74, 6) is 0.501. The molecule has 0 amide bonds. The van der Waals surface area contributed by atoms with Gasteiger partial charge in [-0.15, -0.1) is 0 Å². The van der Waals surface area contributed by atoms with Gasteiger partial charge in [0.25, 0.3) is 0 Å². The second kappa shape index (κ2) is 6.15. The number of hydrogen-bond acceptors (Lipinski definition) is 6. The van der Waals surface area contributed by atoms with Gasteiger partial charge < -0.3 is 16.2 Å². The van der Waals surface area contributed by atoms with Crippen molar-refractivity contribution < 1.29 is 5.11 Å². The number of hydrogen-bond donors (Lipinski definition) is 3. The van der Waals surface area contributed by atoms with E-state index in [1.807, 2.05) is 32.3 Å². The van der Waals surface area contributed by atoms with Gasteiger partial charge in [0.2, 0.25) is 5.95 Å². The molecule has 118 valence electrons. The fraction of sp³-hybridized carbons (Fsp3) is 0.188. The summed E-state index contributed by atoms with van der Waals surface area (Å²) in [6, 6.07) is 7.34. The van der Waals surface area contributed by atoms with Crippen molar-refractivity contribution >= 4 is 11.6 Å². The molecule has 1 aromatic carbocycles. The third kappa shape index (κ3) is 3.36. The number of aromatic nitrogens is 4. The van der Waals surface area contributed by atoms with Gasteiger partial charge in [-0.3, -0.25) is 4.68 Å². The van der Waals surface area contributed by atoms with Crippen molar-refractivity contribution in [2.45, 2.75) is 13.2 Å². The number of aryl methyl sites for hydroxylation is 2. The molecule has 0 aliphatic carbocycles. The first kappa shape index (κ1) is 15.1. The molecule has 4 N–H and O–H groups in total. The monoisotopic (exact) mass is 310 g/mol. The van der Waals surface area contributed by atoms with Crippen molar-refractivity contribution in [3.63, 3.8) is 0 Å². The van der Waals surface area contributed by atoms with Crippen LogP contribution in [0, 0.1) is 6.92 Å². The lowest BCUT2D eigenvalue weighted by molar-refractivity contribution is 0.186. The maximum Gasteiger partial charge on any atom is 0.227 e. The Labute approximate surface area is 133 Å². The highest BCUT2D eigenvalue weighted by Gasteiger charge is 2.09. The van der Waals surface area contributed by atoms with E-state index in [9.17, 15) is 5.11 Å². The van der Waals surface area contributed by atoms with Crippen LogP contribution in [0.4, 0.5) is 11.6 Å². The molecule has 0 aliphatic heterocycles. The minimum absolute atomic E-state index is 0.501. The first-order chi connectivity index (χ1) is 11.0. The van der Waals surface area contributed by atoms with Crippen molar-refractivity contribution in [3.8, 4) is 11.3 Å². The summed E-state index contributed by atoms with van der Waals surface area (Å²) in [4.78, 5) is 8.86. The van der Waals surface area contributed by atoms with E-state index in [1.165, 1.54) is 0 Å². The summed E-state index contributed by atoms with van der Waals surface area (Å²) in [6.07, 6.45) is 4.35. The highest BCUT2D eigenvalue weighted by molar-refractivity contribution is 5.65. The molecule has 2 heterocycles. The predicted octanol–water partition coefficient (Wildman–Crippen LogP) is 1.88. The van der Waals surface area contributed by atoms with E-state index >= 15 is 0 Å². The molecule has 3 aromatic rings. The number of nitrogens with one attached hydrogen (secondary N) is 1. The van der Waals surface area contributed by atoms with Gasteiger partial charge >= 0.3 is 0 Å². The molecule has 0 bridgehead atoms. The number of rotatable bonds is 4. The number of aliphatic hydroxyl groups excluding tert-OH is 1. The van der Waals surface area contributed by atoms with E-state index in [2.05, 4.69) is 20.4 Å². The molecular weight excluding hydrogens is 292 g/mol. The molecular formula is C16H18N6O. The first-order valence-corrected chi connectivity index (χ1v) is 7.16. The van der Waals surface area contributed by atoms with Gasteiger partial charge in [0.1, 0.15) is 6.23 Å². The van der Waals surface area contributed by atoms with E-state index < -0.39 is 6.23 Å². The lowest BCUT2D eigenvalue weighted by Gasteiger charge is -2.10. The van der Waals surface area contributed by atoms with E-state index in [0.29, 0.717) is 11.5 Å². The van der Waals surface area contributed by atoms with Gasteiger partial charge in [0, 0.05) is 25.0 Å². The molecule has 1 unspecified atom stereocenters. The Morgan fingerprint density at radius 1 is 1.22 bits per heavy atom. The van der Waals surface area contributed by atoms with Crippen LogP contribution < -0.4 is 11.1 Å². The highest BCUT2D eigenvalue weighted by atomic mass is 16.3. The number of anilines is 2. The van der Waals surface area contributed by atoms with E-state index in [4.69, 9.17) is 5.73 Å². The first-order valence-electron chi connectivity index (χ1n) is 7.16. The predicted molar refractivity (Wildman–Crippen MR) is 87.8 cm³/mol. The van der Waals surface area contributed by atoms with Gasteiger partial charge in [-0.2, -0.15) is 5.10 Å². The Bertz CT molecular complexity index is 810. The van der Waals surface area contributed by atoms with Crippen molar-refractivity contribution in [2.75, 3.05) is 5.32 Å². The third-order valence-electron chi connectivity index (χ3n) is 3.46. The summed E-state index contributed by atoms with van der Waals surface area (Å²) in [7, 11) is 1.85. The smallest absolute Gasteiger partial charge is 0.227 e. The summed E-state index contributed by atoms with van der Waals surface area (Å²) in [6.45, 7) is 1.95. The summed E-state index contributed by atoms with van der Waals surface area (Å²) in [5, 5.41) is 16.6. The van der Waals surface area contributed by atoms with Crippen LogP contribution in [0.3, 0.4) is 0 Å². The average molecular weight is 310 g/mol. The van der Waals surface area contributed by atoms with Crippen LogP contribution in [0.2, 0.25) is 0 Å². The zero-order chi connectivity index (χ0) is 16.4. The van der Waals surface area contributed by atoms with Gasteiger partial charge in [-0.05, 0) is 18.1 Å². The second-order valence-corrected chi connectivity index (χ2v) is 5.32. The van der Waals surface area contributed by atoms with Crippen molar-refractivity contribution in [2.24, 2.45) is 12.8 Å². The van der Waals surface area contributed by atoms with Crippen molar-refractivity contribution in [1.29, 1.82) is 0 Å². The summed E-state index contributed by atoms with van der Waals surface area (Å²) >= 11 is 0. The molecule has 0 radical (unpaired) electrons. The number of aliphatic hydroxyl groups is 1. The van der Waals surface area contributed by atoms with Crippen LogP contribution in [-0.2, 0) is 7.05 Å². The zero-order valence-electron chi connectivity index (χ0n) is 12.9. The Balaban J connectivity index is 1.90. The molecule has 0 aliphatic rings. The second-order valence-electron chi connectivity index (χ2n) is 5.32.